The van der Waals surface area contributed by atoms with Crippen LogP contribution in [0.5, 0.6) is 0 Å². The first-order valence-electron chi connectivity index (χ1n) is 9.75. The Labute approximate surface area is 179 Å². The number of aliphatic hydroxyl groups excluding tert-OH is 2. The first kappa shape index (κ1) is 24.5. The Balaban J connectivity index is 0.00000107. The van der Waals surface area contributed by atoms with Crippen LogP contribution >= 0.6 is 0 Å². The van der Waals surface area contributed by atoms with Crippen molar-refractivity contribution < 1.29 is 34.2 Å². The second-order valence-corrected chi connectivity index (χ2v) is 7.20. The summed E-state index contributed by atoms with van der Waals surface area (Å²) in [6, 6.07) is 1.12. The minimum absolute atomic E-state index is 0.0321. The highest BCUT2D eigenvalue weighted by Gasteiger charge is 2.34. The number of ether oxygens (including phenoxy) is 1. The zero-order valence-electron chi connectivity index (χ0n) is 17.8. The summed E-state index contributed by atoms with van der Waals surface area (Å²) in [6.07, 6.45) is 0.861. The van der Waals surface area contributed by atoms with Crippen LogP contribution in [0.3, 0.4) is 0 Å². The van der Waals surface area contributed by atoms with E-state index in [1.165, 1.54) is 0 Å². The third-order valence-electron chi connectivity index (χ3n) is 5.09. The van der Waals surface area contributed by atoms with E-state index in [0.29, 0.717) is 31.9 Å². The summed E-state index contributed by atoms with van der Waals surface area (Å²) in [5, 5.41) is 37.3. The number of hydrogen-bond acceptors (Lipinski definition) is 9. The van der Waals surface area contributed by atoms with Gasteiger partial charge in [0.25, 0.3) is 12.4 Å². The zero-order chi connectivity index (χ0) is 23.0. The normalized spacial score (nSPS) is 20.8. The number of hydrogen-bond donors (Lipinski definition) is 4. The number of aryl methyl sites for hydroxylation is 1. The predicted molar refractivity (Wildman–Crippen MR) is 108 cm³/mol. The van der Waals surface area contributed by atoms with E-state index >= 15 is 0 Å². The van der Waals surface area contributed by atoms with Crippen molar-refractivity contribution in [3.8, 4) is 11.3 Å². The van der Waals surface area contributed by atoms with Crippen LogP contribution < -0.4 is 5.32 Å². The molecule has 1 aliphatic heterocycles. The molecule has 0 saturated carbocycles. The van der Waals surface area contributed by atoms with Gasteiger partial charge in [0.05, 0.1) is 30.5 Å². The quantitative estimate of drug-likeness (QED) is 0.404. The van der Waals surface area contributed by atoms with E-state index in [2.05, 4.69) is 15.6 Å². The Morgan fingerprint density at radius 3 is 2.81 bits per heavy atom. The number of rotatable bonds is 7. The van der Waals surface area contributed by atoms with Gasteiger partial charge in [-0.05, 0) is 20.4 Å². The minimum Gasteiger partial charge on any atom is -0.483 e. The zero-order valence-corrected chi connectivity index (χ0v) is 17.8. The lowest BCUT2D eigenvalue weighted by molar-refractivity contribution is -0.122. The molecule has 0 bridgehead atoms. The van der Waals surface area contributed by atoms with Gasteiger partial charge in [0, 0.05) is 38.5 Å². The van der Waals surface area contributed by atoms with E-state index in [-0.39, 0.29) is 18.8 Å². The highest BCUT2D eigenvalue weighted by Crippen LogP contribution is 2.23. The van der Waals surface area contributed by atoms with E-state index in [1.54, 1.807) is 16.9 Å². The van der Waals surface area contributed by atoms with E-state index < -0.39 is 24.2 Å². The van der Waals surface area contributed by atoms with E-state index in [9.17, 15) is 9.90 Å². The average Bonchev–Trinajstić information content (AvgIpc) is 3.33. The predicted octanol–water partition coefficient (Wildman–Crippen LogP) is -0.743. The molecule has 3 atom stereocenters. The number of amides is 1. The van der Waals surface area contributed by atoms with Gasteiger partial charge in [0.1, 0.15) is 6.10 Å². The second kappa shape index (κ2) is 11.6. The summed E-state index contributed by atoms with van der Waals surface area (Å²) in [5.74, 6) is 0.0525. The molecule has 172 valence electrons. The SMILES string of the molecule is Cc1c(-c2cc(C(=O)N[C@H]3CCO[C@H](CN(C)CCO)[C@H]3O)no2)cnn1C.O=CO. The third-order valence-corrected chi connectivity index (χ3v) is 5.09. The van der Waals surface area contributed by atoms with Crippen LogP contribution in [0.25, 0.3) is 11.3 Å². The molecule has 3 heterocycles. The molecule has 12 heteroatoms. The van der Waals surface area contributed by atoms with Crippen LogP contribution in [0.1, 0.15) is 22.6 Å². The van der Waals surface area contributed by atoms with Crippen LogP contribution in [0, 0.1) is 6.92 Å². The average molecular weight is 439 g/mol. The lowest BCUT2D eigenvalue weighted by atomic mass is 9.99. The topological polar surface area (TPSA) is 163 Å². The van der Waals surface area contributed by atoms with Crippen LogP contribution in [0.2, 0.25) is 0 Å². The Morgan fingerprint density at radius 1 is 1.48 bits per heavy atom. The first-order chi connectivity index (χ1) is 14.8. The van der Waals surface area contributed by atoms with Gasteiger partial charge in [-0.2, -0.15) is 5.10 Å². The van der Waals surface area contributed by atoms with Gasteiger partial charge in [-0.3, -0.25) is 14.3 Å². The molecule has 12 nitrogen and oxygen atoms in total. The molecule has 31 heavy (non-hydrogen) atoms. The fraction of sp³-hybridized carbons (Fsp3) is 0.579. The molecule has 0 unspecified atom stereocenters. The van der Waals surface area contributed by atoms with Crippen molar-refractivity contribution in [2.75, 3.05) is 33.4 Å². The van der Waals surface area contributed by atoms with Crippen molar-refractivity contribution >= 4 is 12.4 Å². The number of carboxylic acid groups (broad SMARTS) is 1. The van der Waals surface area contributed by atoms with Gasteiger partial charge < -0.3 is 34.8 Å². The molecule has 1 saturated heterocycles. The summed E-state index contributed by atoms with van der Waals surface area (Å²) >= 11 is 0. The summed E-state index contributed by atoms with van der Waals surface area (Å²) < 4.78 is 12.6. The summed E-state index contributed by atoms with van der Waals surface area (Å²) in [7, 11) is 3.66. The van der Waals surface area contributed by atoms with Crippen molar-refractivity contribution in [3.05, 3.63) is 23.7 Å². The lowest BCUT2D eigenvalue weighted by Gasteiger charge is -2.36. The molecule has 0 aliphatic carbocycles. The van der Waals surface area contributed by atoms with Crippen molar-refractivity contribution in [3.63, 3.8) is 0 Å². The van der Waals surface area contributed by atoms with Gasteiger partial charge in [-0.1, -0.05) is 5.16 Å². The Kier molecular flexibility index (Phi) is 9.12. The largest absolute Gasteiger partial charge is 0.483 e. The molecule has 4 N–H and O–H groups in total. The molecule has 1 fully saturated rings. The van der Waals surface area contributed by atoms with Gasteiger partial charge in [0.2, 0.25) is 0 Å². The fourth-order valence-electron chi connectivity index (χ4n) is 3.25. The van der Waals surface area contributed by atoms with Crippen LogP contribution in [0.15, 0.2) is 16.8 Å². The Bertz CT molecular complexity index is 853. The molecule has 0 aromatic carbocycles. The summed E-state index contributed by atoms with van der Waals surface area (Å²) in [6.45, 7) is 3.06. The molecule has 0 radical (unpaired) electrons. The second-order valence-electron chi connectivity index (χ2n) is 7.20. The van der Waals surface area contributed by atoms with Crippen molar-refractivity contribution in [1.29, 1.82) is 0 Å². The van der Waals surface area contributed by atoms with Crippen LogP contribution in [0.4, 0.5) is 0 Å². The van der Waals surface area contributed by atoms with Crippen LogP contribution in [-0.4, -0.2) is 99.1 Å². The number of nitrogens with one attached hydrogen (secondary N) is 1. The van der Waals surface area contributed by atoms with Crippen LogP contribution in [-0.2, 0) is 16.6 Å². The van der Waals surface area contributed by atoms with E-state index in [1.807, 2.05) is 25.9 Å². The number of carbonyl (C=O) groups excluding carboxylic acids is 1. The number of aromatic nitrogens is 3. The first-order valence-corrected chi connectivity index (χ1v) is 9.75. The molecule has 3 rings (SSSR count). The maximum Gasteiger partial charge on any atom is 0.290 e. The van der Waals surface area contributed by atoms with Gasteiger partial charge in [-0.25, -0.2) is 0 Å². The summed E-state index contributed by atoms with van der Waals surface area (Å²) in [5.41, 5.74) is 1.82. The van der Waals surface area contributed by atoms with Gasteiger partial charge >= 0.3 is 0 Å². The minimum atomic E-state index is -0.856. The summed E-state index contributed by atoms with van der Waals surface area (Å²) in [4.78, 5) is 22.8. The van der Waals surface area contributed by atoms with Crippen molar-refractivity contribution in [2.24, 2.45) is 7.05 Å². The molecule has 0 spiro atoms. The Hall–Kier alpha value is -2.80. The number of carbonyl (C=O) groups is 2. The number of aliphatic hydroxyl groups is 2. The molecule has 2 aromatic rings. The maximum atomic E-state index is 12.6. The monoisotopic (exact) mass is 439 g/mol. The highest BCUT2D eigenvalue weighted by atomic mass is 16.5. The smallest absolute Gasteiger partial charge is 0.290 e. The number of likely N-dealkylation sites (N-methyl/N-ethyl adjacent to an activating group) is 1. The molecule has 1 aliphatic rings. The van der Waals surface area contributed by atoms with Crippen molar-refractivity contribution in [1.82, 2.24) is 25.2 Å². The highest BCUT2D eigenvalue weighted by molar-refractivity contribution is 5.93. The van der Waals surface area contributed by atoms with Gasteiger partial charge in [0.15, 0.2) is 11.5 Å². The van der Waals surface area contributed by atoms with Gasteiger partial charge in [-0.15, -0.1) is 0 Å². The molecular weight excluding hydrogens is 410 g/mol. The number of nitrogens with zero attached hydrogens (tertiary/aromatic N) is 4. The fourth-order valence-corrected chi connectivity index (χ4v) is 3.25. The molecule has 1 amide bonds. The molecule has 2 aromatic heterocycles. The van der Waals surface area contributed by atoms with Crippen molar-refractivity contribution in [2.45, 2.75) is 31.6 Å². The maximum absolute atomic E-state index is 12.6. The standard InChI is InChI=1S/C18H27N5O5.CH2O2/c1-11-12(9-19-23(11)3)15-8-14(21-28-15)18(26)20-13-4-7-27-16(17(13)25)10-22(2)5-6-24;2-1-3/h8-9,13,16-17,24-25H,4-7,10H2,1-3H3,(H,20,26);1H,(H,2,3)/t13-,16+,17-;/m0./s1. The lowest BCUT2D eigenvalue weighted by Crippen LogP contribution is -2.56. The van der Waals surface area contributed by atoms with E-state index in [0.717, 1.165) is 11.3 Å². The molecular formula is C19H29N5O7. The Morgan fingerprint density at radius 2 is 2.19 bits per heavy atom. The van der Waals surface area contributed by atoms with E-state index in [4.69, 9.17) is 24.3 Å². The third kappa shape index (κ3) is 6.34.